The number of aromatic nitrogens is 2. The summed E-state index contributed by atoms with van der Waals surface area (Å²) in [5.74, 6) is 0. The molecule has 0 radical (unpaired) electrons. The van der Waals surface area contributed by atoms with Crippen LogP contribution < -0.4 is 4.72 Å². The molecule has 0 spiro atoms. The molecule has 0 aromatic carbocycles. The van der Waals surface area contributed by atoms with E-state index in [1.54, 1.807) is 17.5 Å². The Hall–Kier alpha value is -1.29. The molecule has 3 heterocycles. The Morgan fingerprint density at radius 2 is 1.84 bits per heavy atom. The molecule has 1 N–H and O–H groups in total. The Morgan fingerprint density at radius 1 is 1.05 bits per heavy atom. The van der Waals surface area contributed by atoms with Crippen molar-refractivity contribution in [2.45, 2.75) is 4.21 Å². The van der Waals surface area contributed by atoms with Gasteiger partial charge in [0.25, 0.3) is 10.0 Å². The Balaban J connectivity index is 1.85. The van der Waals surface area contributed by atoms with E-state index in [1.807, 2.05) is 17.5 Å². The summed E-state index contributed by atoms with van der Waals surface area (Å²) in [6.45, 7) is 0. The normalized spacial score (nSPS) is 11.6. The third kappa shape index (κ3) is 2.68. The highest BCUT2D eigenvalue weighted by atomic mass is 32.2. The largest absolute Gasteiger partial charge is 0.273 e. The third-order valence-electron chi connectivity index (χ3n) is 2.14. The fourth-order valence-electron chi connectivity index (χ4n) is 1.35. The molecule has 0 saturated carbocycles. The van der Waals surface area contributed by atoms with Crippen molar-refractivity contribution in [2.24, 2.45) is 0 Å². The van der Waals surface area contributed by atoms with Gasteiger partial charge in [-0.3, -0.25) is 4.72 Å². The highest BCUT2D eigenvalue weighted by Crippen LogP contribution is 2.31. The Labute approximate surface area is 121 Å². The van der Waals surface area contributed by atoms with Crippen LogP contribution in [0.2, 0.25) is 0 Å². The van der Waals surface area contributed by atoms with Crippen LogP contribution >= 0.6 is 34.0 Å². The lowest BCUT2D eigenvalue weighted by Gasteiger charge is -2.00. The summed E-state index contributed by atoms with van der Waals surface area (Å²) in [4.78, 5) is 0.971. The molecule has 3 aromatic rings. The van der Waals surface area contributed by atoms with E-state index >= 15 is 0 Å². The maximum Gasteiger partial charge on any atom is 0.273 e. The lowest BCUT2D eigenvalue weighted by molar-refractivity contribution is 0.603. The van der Waals surface area contributed by atoms with Gasteiger partial charge < -0.3 is 0 Å². The molecule has 9 heteroatoms. The standard InChI is InChI=1S/C10H7N3O2S4/c14-19(15,8-4-2-6-17-8)13-10-12-11-9(18-10)7-3-1-5-16-7/h1-6H,(H,12,13). The van der Waals surface area contributed by atoms with Gasteiger partial charge in [-0.05, 0) is 22.9 Å². The molecule has 0 bridgehead atoms. The van der Waals surface area contributed by atoms with Gasteiger partial charge in [0, 0.05) is 0 Å². The first-order chi connectivity index (χ1) is 9.15. The molecule has 0 unspecified atom stereocenters. The number of thiophene rings is 2. The van der Waals surface area contributed by atoms with Gasteiger partial charge >= 0.3 is 0 Å². The first kappa shape index (κ1) is 12.7. The average molecular weight is 329 g/mol. The summed E-state index contributed by atoms with van der Waals surface area (Å²) < 4.78 is 26.7. The molecule has 3 aromatic heterocycles. The Morgan fingerprint density at radius 3 is 2.53 bits per heavy atom. The van der Waals surface area contributed by atoms with E-state index in [0.29, 0.717) is 5.01 Å². The van der Waals surface area contributed by atoms with Crippen molar-refractivity contribution in [3.05, 3.63) is 35.0 Å². The zero-order chi connectivity index (χ0) is 13.3. The molecule has 0 atom stereocenters. The van der Waals surface area contributed by atoms with E-state index in [9.17, 15) is 8.42 Å². The second-order valence-corrected chi connectivity index (χ2v) is 8.21. The minimum atomic E-state index is -3.55. The number of hydrogen-bond acceptors (Lipinski definition) is 7. The summed E-state index contributed by atoms with van der Waals surface area (Å²) in [5.41, 5.74) is 0. The topological polar surface area (TPSA) is 72.0 Å². The van der Waals surface area contributed by atoms with Crippen molar-refractivity contribution < 1.29 is 8.42 Å². The molecule has 0 aliphatic heterocycles. The quantitative estimate of drug-likeness (QED) is 0.798. The van der Waals surface area contributed by atoms with Gasteiger partial charge in [0.1, 0.15) is 4.21 Å². The third-order valence-corrected chi connectivity index (χ3v) is 6.88. The minimum Gasteiger partial charge on any atom is -0.252 e. The van der Waals surface area contributed by atoms with Crippen LogP contribution in [0.15, 0.2) is 39.2 Å². The van der Waals surface area contributed by atoms with E-state index in [0.717, 1.165) is 16.2 Å². The van der Waals surface area contributed by atoms with Gasteiger partial charge in [-0.2, -0.15) is 0 Å². The molecule has 0 saturated heterocycles. The van der Waals surface area contributed by atoms with Crippen LogP contribution in [0.3, 0.4) is 0 Å². The van der Waals surface area contributed by atoms with E-state index in [4.69, 9.17) is 0 Å². The summed E-state index contributed by atoms with van der Waals surface area (Å²) in [6.07, 6.45) is 0. The highest BCUT2D eigenvalue weighted by Gasteiger charge is 2.18. The van der Waals surface area contributed by atoms with E-state index in [-0.39, 0.29) is 9.34 Å². The maximum atomic E-state index is 12.0. The van der Waals surface area contributed by atoms with Gasteiger partial charge in [-0.25, -0.2) is 8.42 Å². The fraction of sp³-hybridized carbons (Fsp3) is 0. The van der Waals surface area contributed by atoms with Gasteiger partial charge in [0.2, 0.25) is 5.13 Å². The second kappa shape index (κ2) is 5.00. The summed E-state index contributed by atoms with van der Waals surface area (Å²) >= 11 is 3.92. The maximum absolute atomic E-state index is 12.0. The second-order valence-electron chi connectivity index (χ2n) is 3.43. The number of sulfonamides is 1. The van der Waals surface area contributed by atoms with Gasteiger partial charge in [-0.1, -0.05) is 23.5 Å². The molecular formula is C10H7N3O2S4. The predicted octanol–water partition coefficient (Wildman–Crippen LogP) is 3.13. The summed E-state index contributed by atoms with van der Waals surface area (Å²) in [6, 6.07) is 7.07. The Kier molecular flexibility index (Phi) is 3.35. The van der Waals surface area contributed by atoms with Crippen LogP contribution in [0, 0.1) is 0 Å². The molecule has 98 valence electrons. The summed E-state index contributed by atoms with van der Waals surface area (Å²) in [5, 5.41) is 12.5. The minimum absolute atomic E-state index is 0.264. The first-order valence-corrected chi connectivity index (χ1v) is 9.15. The first-order valence-electron chi connectivity index (χ1n) is 5.09. The molecule has 0 aliphatic rings. The van der Waals surface area contributed by atoms with E-state index < -0.39 is 10.0 Å². The van der Waals surface area contributed by atoms with Crippen molar-refractivity contribution in [2.75, 3.05) is 4.72 Å². The molecule has 0 fully saturated rings. The van der Waals surface area contributed by atoms with Crippen LogP contribution in [0.5, 0.6) is 0 Å². The molecule has 0 amide bonds. The lowest BCUT2D eigenvalue weighted by atomic mass is 10.5. The van der Waals surface area contributed by atoms with Crippen molar-refractivity contribution >= 4 is 49.2 Å². The monoisotopic (exact) mass is 329 g/mol. The fourth-order valence-corrected chi connectivity index (χ4v) is 5.10. The Bertz CT molecular complexity index is 760. The lowest BCUT2D eigenvalue weighted by Crippen LogP contribution is -2.11. The number of rotatable bonds is 4. The van der Waals surface area contributed by atoms with E-state index in [1.165, 1.54) is 22.7 Å². The average Bonchev–Trinajstić information content (AvgIpc) is 3.11. The number of hydrogen-bond donors (Lipinski definition) is 1. The molecule has 3 rings (SSSR count). The van der Waals surface area contributed by atoms with Crippen LogP contribution in [-0.2, 0) is 10.0 Å². The SMILES string of the molecule is O=S(=O)(Nc1nnc(-c2cccs2)s1)c1cccs1. The van der Waals surface area contributed by atoms with Crippen molar-refractivity contribution in [1.29, 1.82) is 0 Å². The summed E-state index contributed by atoms with van der Waals surface area (Å²) in [7, 11) is -3.55. The van der Waals surface area contributed by atoms with Crippen LogP contribution in [0.25, 0.3) is 9.88 Å². The van der Waals surface area contributed by atoms with Crippen molar-refractivity contribution in [3.8, 4) is 9.88 Å². The smallest absolute Gasteiger partial charge is 0.252 e. The predicted molar refractivity (Wildman–Crippen MR) is 78.3 cm³/mol. The molecule has 5 nitrogen and oxygen atoms in total. The molecule has 0 aliphatic carbocycles. The van der Waals surface area contributed by atoms with Crippen molar-refractivity contribution in [3.63, 3.8) is 0 Å². The number of anilines is 1. The number of nitrogens with one attached hydrogen (secondary N) is 1. The van der Waals surface area contributed by atoms with Crippen molar-refractivity contribution in [1.82, 2.24) is 10.2 Å². The highest BCUT2D eigenvalue weighted by molar-refractivity contribution is 7.94. The molecule has 19 heavy (non-hydrogen) atoms. The molecular weight excluding hydrogens is 322 g/mol. The van der Waals surface area contributed by atoms with Gasteiger partial charge in [0.05, 0.1) is 4.88 Å². The van der Waals surface area contributed by atoms with Gasteiger partial charge in [-0.15, -0.1) is 32.9 Å². The number of nitrogens with zero attached hydrogens (tertiary/aromatic N) is 2. The van der Waals surface area contributed by atoms with Gasteiger partial charge in [0.15, 0.2) is 5.01 Å². The van der Waals surface area contributed by atoms with Crippen LogP contribution in [0.1, 0.15) is 0 Å². The zero-order valence-corrected chi connectivity index (χ0v) is 12.6. The van der Waals surface area contributed by atoms with Crippen LogP contribution in [-0.4, -0.2) is 18.6 Å². The van der Waals surface area contributed by atoms with Crippen LogP contribution in [0.4, 0.5) is 5.13 Å². The van der Waals surface area contributed by atoms with E-state index in [2.05, 4.69) is 14.9 Å². The zero-order valence-electron chi connectivity index (χ0n) is 9.31.